The lowest BCUT2D eigenvalue weighted by atomic mass is 10.1. The molecule has 0 radical (unpaired) electrons. The molecule has 2 aromatic rings. The number of carbonyl (C=O) groups excluding carboxylic acids is 2. The van der Waals surface area contributed by atoms with Crippen molar-refractivity contribution in [2.24, 2.45) is 0 Å². The first-order valence-electron chi connectivity index (χ1n) is 8.31. The van der Waals surface area contributed by atoms with Gasteiger partial charge in [0.15, 0.2) is 0 Å². The molecule has 7 nitrogen and oxygen atoms in total. The molecule has 2 N–H and O–H groups in total. The van der Waals surface area contributed by atoms with Gasteiger partial charge in [-0.05, 0) is 44.5 Å². The number of nitrogens with one attached hydrogen (secondary N) is 2. The first-order valence-corrected chi connectivity index (χ1v) is 8.31. The molecule has 0 bridgehead atoms. The highest BCUT2D eigenvalue weighted by Crippen LogP contribution is 2.16. The van der Waals surface area contributed by atoms with Crippen LogP contribution in [0.3, 0.4) is 0 Å². The van der Waals surface area contributed by atoms with E-state index in [-0.39, 0.29) is 11.4 Å². The van der Waals surface area contributed by atoms with Crippen molar-refractivity contribution in [1.82, 2.24) is 10.6 Å². The zero-order valence-corrected chi connectivity index (χ0v) is 15.4. The molecule has 2 aromatic carbocycles. The quantitative estimate of drug-likeness (QED) is 0.481. The van der Waals surface area contributed by atoms with Gasteiger partial charge in [-0.2, -0.15) is 0 Å². The zero-order chi connectivity index (χ0) is 20.0. The number of non-ortho nitro benzene ring substituents is 1. The Bertz CT molecular complexity index is 884. The predicted octanol–water partition coefficient (Wildman–Crippen LogP) is 3.28. The Balaban J connectivity index is 2.37. The molecule has 0 unspecified atom stereocenters. The third-order valence-corrected chi connectivity index (χ3v) is 3.41. The summed E-state index contributed by atoms with van der Waals surface area (Å²) >= 11 is 0. The number of carbonyl (C=O) groups is 2. The number of benzene rings is 2. The van der Waals surface area contributed by atoms with Crippen LogP contribution in [0.5, 0.6) is 0 Å². The summed E-state index contributed by atoms with van der Waals surface area (Å²) < 4.78 is 0. The summed E-state index contributed by atoms with van der Waals surface area (Å²) in [7, 11) is 0. The van der Waals surface area contributed by atoms with E-state index in [0.717, 1.165) is 0 Å². The second kappa shape index (κ2) is 8.27. The molecule has 0 aliphatic carbocycles. The Labute approximate surface area is 157 Å². The normalized spacial score (nSPS) is 11.6. The standard InChI is InChI=1S/C20H21N3O4/c1-20(2,3)22-19(25)17(21-18(24)15-9-5-4-6-10-15)13-14-8-7-11-16(12-14)23(26)27/h4-13H,1-3H3,(H,21,24)(H,22,25)/b17-13-. The van der Waals surface area contributed by atoms with Crippen LogP contribution in [0, 0.1) is 10.1 Å². The van der Waals surface area contributed by atoms with E-state index in [1.807, 2.05) is 20.8 Å². The average molecular weight is 367 g/mol. The summed E-state index contributed by atoms with van der Waals surface area (Å²) in [5, 5.41) is 16.3. The van der Waals surface area contributed by atoms with Gasteiger partial charge in [-0.15, -0.1) is 0 Å². The molecule has 0 aromatic heterocycles. The van der Waals surface area contributed by atoms with Crippen molar-refractivity contribution >= 4 is 23.6 Å². The molecule has 27 heavy (non-hydrogen) atoms. The van der Waals surface area contributed by atoms with Gasteiger partial charge in [0, 0.05) is 23.2 Å². The molecule has 0 atom stereocenters. The second-order valence-corrected chi connectivity index (χ2v) is 6.93. The maximum absolute atomic E-state index is 12.6. The first-order chi connectivity index (χ1) is 12.7. The van der Waals surface area contributed by atoms with Crippen LogP contribution in [0.1, 0.15) is 36.7 Å². The van der Waals surface area contributed by atoms with Gasteiger partial charge in [-0.3, -0.25) is 19.7 Å². The van der Waals surface area contributed by atoms with Gasteiger partial charge in [-0.1, -0.05) is 30.3 Å². The van der Waals surface area contributed by atoms with Gasteiger partial charge in [0.05, 0.1) is 4.92 Å². The van der Waals surface area contributed by atoms with Crippen molar-refractivity contribution in [1.29, 1.82) is 0 Å². The fourth-order valence-corrected chi connectivity index (χ4v) is 2.25. The summed E-state index contributed by atoms with van der Waals surface area (Å²) in [6.07, 6.45) is 1.41. The summed E-state index contributed by atoms with van der Waals surface area (Å²) in [6, 6.07) is 14.3. The largest absolute Gasteiger partial charge is 0.346 e. The van der Waals surface area contributed by atoms with E-state index in [9.17, 15) is 19.7 Å². The van der Waals surface area contributed by atoms with Crippen LogP contribution in [-0.2, 0) is 4.79 Å². The van der Waals surface area contributed by atoms with E-state index in [2.05, 4.69) is 10.6 Å². The molecule has 0 saturated carbocycles. The van der Waals surface area contributed by atoms with Crippen LogP contribution in [0.15, 0.2) is 60.3 Å². The SMILES string of the molecule is CC(C)(C)NC(=O)/C(=C/c1cccc([N+](=O)[O-])c1)NC(=O)c1ccccc1. The molecule has 0 saturated heterocycles. The smallest absolute Gasteiger partial charge is 0.270 e. The zero-order valence-electron chi connectivity index (χ0n) is 15.4. The van der Waals surface area contributed by atoms with E-state index in [1.165, 1.54) is 24.3 Å². The number of hydrogen-bond acceptors (Lipinski definition) is 4. The van der Waals surface area contributed by atoms with Crippen molar-refractivity contribution in [3.8, 4) is 0 Å². The lowest BCUT2D eigenvalue weighted by Gasteiger charge is -2.22. The van der Waals surface area contributed by atoms with Crippen molar-refractivity contribution in [3.63, 3.8) is 0 Å². The number of nitrogens with zero attached hydrogens (tertiary/aromatic N) is 1. The van der Waals surface area contributed by atoms with E-state index >= 15 is 0 Å². The van der Waals surface area contributed by atoms with Crippen molar-refractivity contribution in [2.45, 2.75) is 26.3 Å². The Hall–Kier alpha value is -3.48. The molecular formula is C20H21N3O4. The molecule has 0 aliphatic heterocycles. The summed E-state index contributed by atoms with van der Waals surface area (Å²) in [6.45, 7) is 5.44. The summed E-state index contributed by atoms with van der Waals surface area (Å²) in [4.78, 5) is 35.5. The molecule has 2 amide bonds. The number of amides is 2. The van der Waals surface area contributed by atoms with Crippen LogP contribution in [0.2, 0.25) is 0 Å². The van der Waals surface area contributed by atoms with Crippen molar-refractivity contribution in [2.75, 3.05) is 0 Å². The predicted molar refractivity (Wildman–Crippen MR) is 103 cm³/mol. The number of rotatable bonds is 5. The van der Waals surface area contributed by atoms with Gasteiger partial charge in [-0.25, -0.2) is 0 Å². The van der Waals surface area contributed by atoms with E-state index < -0.39 is 22.3 Å². The van der Waals surface area contributed by atoms with Crippen LogP contribution in [0.4, 0.5) is 5.69 Å². The maximum Gasteiger partial charge on any atom is 0.270 e. The first kappa shape index (κ1) is 19.8. The third-order valence-electron chi connectivity index (χ3n) is 3.41. The topological polar surface area (TPSA) is 101 Å². The van der Waals surface area contributed by atoms with Crippen molar-refractivity contribution < 1.29 is 14.5 Å². The maximum atomic E-state index is 12.6. The molecular weight excluding hydrogens is 346 g/mol. The molecule has 0 fully saturated rings. The van der Waals surface area contributed by atoms with Gasteiger partial charge in [0.25, 0.3) is 17.5 Å². The minimum absolute atomic E-state index is 0.000670. The lowest BCUT2D eigenvalue weighted by Crippen LogP contribution is -2.44. The molecule has 7 heteroatoms. The van der Waals surface area contributed by atoms with Gasteiger partial charge in [0.1, 0.15) is 5.70 Å². The van der Waals surface area contributed by atoms with Crippen molar-refractivity contribution in [3.05, 3.63) is 81.5 Å². The average Bonchev–Trinajstić information content (AvgIpc) is 2.60. The minimum Gasteiger partial charge on any atom is -0.346 e. The van der Waals surface area contributed by atoms with E-state index in [1.54, 1.807) is 36.4 Å². The fraction of sp³-hybridized carbons (Fsp3) is 0.200. The lowest BCUT2D eigenvalue weighted by molar-refractivity contribution is -0.384. The monoisotopic (exact) mass is 367 g/mol. The Kier molecular flexibility index (Phi) is 6.07. The summed E-state index contributed by atoms with van der Waals surface area (Å²) in [5.41, 5.74) is 0.201. The van der Waals surface area contributed by atoms with Crippen LogP contribution >= 0.6 is 0 Å². The highest BCUT2D eigenvalue weighted by molar-refractivity contribution is 6.05. The van der Waals surface area contributed by atoms with Crippen LogP contribution < -0.4 is 10.6 Å². The summed E-state index contributed by atoms with van der Waals surface area (Å²) in [5.74, 6) is -0.936. The molecule has 0 spiro atoms. The number of nitro benzene ring substituents is 1. The molecule has 2 rings (SSSR count). The Morgan fingerprint density at radius 3 is 2.30 bits per heavy atom. The number of hydrogen-bond donors (Lipinski definition) is 2. The Morgan fingerprint density at radius 2 is 1.70 bits per heavy atom. The highest BCUT2D eigenvalue weighted by Gasteiger charge is 2.20. The molecule has 0 heterocycles. The third kappa shape index (κ3) is 6.07. The Morgan fingerprint density at radius 1 is 1.04 bits per heavy atom. The van der Waals surface area contributed by atoms with Gasteiger partial charge < -0.3 is 10.6 Å². The highest BCUT2D eigenvalue weighted by atomic mass is 16.6. The fourth-order valence-electron chi connectivity index (χ4n) is 2.25. The van der Waals surface area contributed by atoms with Crippen LogP contribution in [0.25, 0.3) is 6.08 Å². The number of nitro groups is 1. The molecule has 0 aliphatic rings. The van der Waals surface area contributed by atoms with Gasteiger partial charge >= 0.3 is 0 Å². The van der Waals surface area contributed by atoms with E-state index in [4.69, 9.17) is 0 Å². The molecule has 140 valence electrons. The minimum atomic E-state index is -0.519. The van der Waals surface area contributed by atoms with Crippen LogP contribution in [-0.4, -0.2) is 22.3 Å². The second-order valence-electron chi connectivity index (χ2n) is 6.93. The van der Waals surface area contributed by atoms with Gasteiger partial charge in [0.2, 0.25) is 0 Å². The van der Waals surface area contributed by atoms with E-state index in [0.29, 0.717) is 11.1 Å².